The van der Waals surface area contributed by atoms with E-state index in [1.165, 1.54) is 28.1 Å². The van der Waals surface area contributed by atoms with Crippen LogP contribution in [0.4, 0.5) is 16.2 Å². The van der Waals surface area contributed by atoms with Crippen LogP contribution in [0, 0.1) is 5.92 Å². The van der Waals surface area contributed by atoms with Gasteiger partial charge in [0.2, 0.25) is 5.95 Å². The topological polar surface area (TPSA) is 260 Å². The number of ether oxygens (including phenoxy) is 2. The van der Waals surface area contributed by atoms with E-state index in [9.17, 15) is 19.3 Å². The number of alkyl halides is 1. The molecule has 0 saturated carbocycles. The molecule has 2 aliphatic rings. The van der Waals surface area contributed by atoms with Crippen LogP contribution in [0.3, 0.4) is 0 Å². The Labute approximate surface area is 259 Å². The molecule has 0 aliphatic carbocycles. The average molecular weight is 689 g/mol. The lowest BCUT2D eigenvalue weighted by Gasteiger charge is -2.24. The lowest BCUT2D eigenvalue weighted by Crippen LogP contribution is -2.34. The van der Waals surface area contributed by atoms with E-state index in [0.29, 0.717) is 6.29 Å². The van der Waals surface area contributed by atoms with Crippen LogP contribution in [0.1, 0.15) is 18.9 Å². The van der Waals surface area contributed by atoms with Gasteiger partial charge in [0.15, 0.2) is 35.0 Å². The van der Waals surface area contributed by atoms with Crippen LogP contribution in [0.15, 0.2) is 23.8 Å². The number of hydrogen-bond donors (Lipinski definition) is 5. The van der Waals surface area contributed by atoms with Gasteiger partial charge in [0.1, 0.15) is 42.7 Å². The molecule has 45 heavy (non-hydrogen) atoms. The fourth-order valence-corrected chi connectivity index (χ4v) is 7.06. The molecule has 6 rings (SSSR count). The van der Waals surface area contributed by atoms with Crippen LogP contribution < -0.4 is 17.0 Å². The molecular formula is C22H27FN10O9P2S. The number of thiol groups is 1. The first-order valence-electron chi connectivity index (χ1n) is 13.2. The summed E-state index contributed by atoms with van der Waals surface area (Å²) in [7, 11) is 2.01. The van der Waals surface area contributed by atoms with Crippen LogP contribution in [0.2, 0.25) is 0 Å². The molecule has 4 aromatic rings. The fourth-order valence-electron chi connectivity index (χ4n) is 5.39. The summed E-state index contributed by atoms with van der Waals surface area (Å²) in [6.07, 6.45) is -5.18. The molecule has 0 aromatic carbocycles. The van der Waals surface area contributed by atoms with Gasteiger partial charge in [-0.25, -0.2) is 28.9 Å². The van der Waals surface area contributed by atoms with Gasteiger partial charge in [0.05, 0.1) is 32.0 Å². The molecule has 1 unspecified atom stereocenters. The van der Waals surface area contributed by atoms with Gasteiger partial charge in [-0.1, -0.05) is 12.2 Å². The first kappa shape index (κ1) is 31.8. The molecule has 0 spiro atoms. The number of carbonyl (C=O) groups excluding carboxylic acids is 1. The van der Waals surface area contributed by atoms with Gasteiger partial charge in [0, 0.05) is 21.8 Å². The highest BCUT2D eigenvalue weighted by Gasteiger charge is 2.51. The van der Waals surface area contributed by atoms with E-state index < -0.39 is 67.9 Å². The molecule has 23 heteroatoms. The molecule has 6 N–H and O–H groups in total. The first-order valence-corrected chi connectivity index (χ1v) is 16.4. The standard InChI is InChI=1S/C22H27FN10O9P2S/c23-11-15(10(3-38-43)41-21(11)32-6-28-12-16(24)26-5-27-17(12)32)42-44(37,45)39-4-9-14(35)8(1-2-34)20(40-9)33-7-29-13-18(33)30-22(25)31-19(13)36/h2,5-11,14-15,20-21,35H,1,3-4,43H2,(H,37,45)(H2,24,26,27)(H3,25,30,31,36)/t8-,9-,10-,11-,14+,15-,20-,21-,44-/m1/s1. The quantitative estimate of drug-likeness (QED) is 0.0793. The number of fused-ring (bicyclic) bond motifs is 2. The van der Waals surface area contributed by atoms with Gasteiger partial charge < -0.3 is 35.4 Å². The second-order valence-corrected chi connectivity index (χ2v) is 13.4. The van der Waals surface area contributed by atoms with Crippen molar-refractivity contribution in [2.75, 3.05) is 24.7 Å². The average Bonchev–Trinajstić information content (AvgIpc) is 3.75. The number of nitrogens with two attached hydrogens (primary N) is 2. The second kappa shape index (κ2) is 12.6. The predicted octanol–water partition coefficient (Wildman–Crippen LogP) is 0.0693. The van der Waals surface area contributed by atoms with Gasteiger partial charge in [0.25, 0.3) is 5.56 Å². The Balaban J connectivity index is 1.18. The number of halogens is 1. The van der Waals surface area contributed by atoms with E-state index in [-0.39, 0.29) is 47.1 Å². The Morgan fingerprint density at radius 1 is 1.11 bits per heavy atom. The van der Waals surface area contributed by atoms with Crippen molar-refractivity contribution in [3.05, 3.63) is 29.3 Å². The third-order valence-electron chi connectivity index (χ3n) is 7.44. The maximum absolute atomic E-state index is 15.9. The van der Waals surface area contributed by atoms with Crippen LogP contribution in [0.5, 0.6) is 0 Å². The number of nitrogens with zero attached hydrogens (tertiary/aromatic N) is 7. The number of aliphatic hydroxyl groups excluding tert-OH is 1. The molecule has 19 nitrogen and oxygen atoms in total. The lowest BCUT2D eigenvalue weighted by molar-refractivity contribution is -0.110. The number of aliphatic hydroxyl groups is 1. The third-order valence-corrected chi connectivity index (χ3v) is 9.25. The minimum Gasteiger partial charge on any atom is -0.390 e. The monoisotopic (exact) mass is 688 g/mol. The molecular weight excluding hydrogens is 661 g/mol. The van der Waals surface area contributed by atoms with E-state index in [1.54, 1.807) is 0 Å². The van der Waals surface area contributed by atoms with Crippen molar-refractivity contribution in [3.63, 3.8) is 0 Å². The molecule has 0 amide bonds. The predicted molar refractivity (Wildman–Crippen MR) is 158 cm³/mol. The molecule has 0 bridgehead atoms. The van der Waals surface area contributed by atoms with Crippen molar-refractivity contribution in [1.29, 1.82) is 0 Å². The maximum atomic E-state index is 15.9. The molecule has 2 fully saturated rings. The Morgan fingerprint density at radius 3 is 2.56 bits per heavy atom. The fraction of sp³-hybridized carbons (Fsp3) is 0.500. The summed E-state index contributed by atoms with van der Waals surface area (Å²) in [6.45, 7) is -5.08. The van der Waals surface area contributed by atoms with E-state index in [1.807, 2.05) is 9.47 Å². The zero-order valence-corrected chi connectivity index (χ0v) is 25.8. The van der Waals surface area contributed by atoms with Crippen LogP contribution in [-0.2, 0) is 32.4 Å². The van der Waals surface area contributed by atoms with Gasteiger partial charge in [-0.15, -0.1) is 0 Å². The number of nitrogen functional groups attached to an aromatic ring is 2. The van der Waals surface area contributed by atoms with Crippen molar-refractivity contribution in [1.82, 2.24) is 39.0 Å². The van der Waals surface area contributed by atoms with E-state index in [4.69, 9.17) is 34.5 Å². The molecule has 10 atom stereocenters. The number of aromatic amines is 1. The minimum atomic E-state index is -4.36. The Bertz CT molecular complexity index is 1830. The zero-order chi connectivity index (χ0) is 32.0. The molecule has 6 heterocycles. The molecule has 4 aromatic heterocycles. The number of imidazole rings is 2. The van der Waals surface area contributed by atoms with Gasteiger partial charge >= 0.3 is 6.80 Å². The van der Waals surface area contributed by atoms with E-state index >= 15 is 4.39 Å². The summed E-state index contributed by atoms with van der Waals surface area (Å²) < 4.78 is 59.8. The number of hydrogen-bond acceptors (Lipinski definition) is 16. The van der Waals surface area contributed by atoms with Gasteiger partial charge in [-0.05, 0) is 0 Å². The zero-order valence-electron chi connectivity index (χ0n) is 22.9. The number of rotatable bonds is 11. The van der Waals surface area contributed by atoms with E-state index in [0.717, 1.165) is 0 Å². The highest BCUT2D eigenvalue weighted by molar-refractivity contribution is 8.44. The number of carbonyl (C=O) groups is 1. The summed E-state index contributed by atoms with van der Waals surface area (Å²) in [5.74, 6) is -0.940. The molecule has 0 radical (unpaired) electrons. The highest BCUT2D eigenvalue weighted by Crippen LogP contribution is 2.57. The molecule has 2 aliphatic heterocycles. The number of nitrogens with one attached hydrogen (secondary N) is 1. The number of aldehydes is 1. The lowest BCUT2D eigenvalue weighted by atomic mass is 9.97. The summed E-state index contributed by atoms with van der Waals surface area (Å²) in [4.78, 5) is 46.2. The third kappa shape index (κ3) is 5.95. The minimum absolute atomic E-state index is 0.0402. The van der Waals surface area contributed by atoms with Crippen molar-refractivity contribution >= 4 is 68.9 Å². The number of aromatic nitrogens is 8. The summed E-state index contributed by atoms with van der Waals surface area (Å²) in [5, 5.41) is 11.0. The molecule has 2 saturated heterocycles. The highest BCUT2D eigenvalue weighted by atomic mass is 32.7. The van der Waals surface area contributed by atoms with Crippen LogP contribution in [-0.4, -0.2) is 94.2 Å². The van der Waals surface area contributed by atoms with Crippen molar-refractivity contribution in [3.8, 4) is 0 Å². The normalized spacial score (nSPS) is 29.9. The largest absolute Gasteiger partial charge is 0.390 e. The van der Waals surface area contributed by atoms with Crippen molar-refractivity contribution in [2.24, 2.45) is 5.92 Å². The number of anilines is 2. The second-order valence-electron chi connectivity index (χ2n) is 10.2. The van der Waals surface area contributed by atoms with Gasteiger partial charge in [-0.3, -0.25) is 28.0 Å². The molecule has 242 valence electrons. The summed E-state index contributed by atoms with van der Waals surface area (Å²) in [5.41, 5.74) is 11.4. The van der Waals surface area contributed by atoms with Gasteiger partial charge in [-0.2, -0.15) is 4.98 Å². The first-order chi connectivity index (χ1) is 21.5. The smallest absolute Gasteiger partial charge is 0.386 e. The van der Waals surface area contributed by atoms with E-state index in [2.05, 4.69) is 42.2 Å². The number of H-pyrrole nitrogens is 1. The SMILES string of the molecule is Nc1nc2c(ncn2[C@@H]2O[C@H](CO[P@@](=O)(S)O[C@H]3[C@@H](F)[C@H](n4cnc5c(N)ncnc54)O[C@@H]3COP)[C@@H](O)[C@H]2CC=O)c(=O)[nH]1. The Hall–Kier alpha value is -3.13. The summed E-state index contributed by atoms with van der Waals surface area (Å²) >= 11 is 4.02. The summed E-state index contributed by atoms with van der Waals surface area (Å²) in [6, 6.07) is 0. The van der Waals surface area contributed by atoms with Crippen molar-refractivity contribution < 1.29 is 41.9 Å². The Kier molecular flexibility index (Phi) is 8.90. The van der Waals surface area contributed by atoms with Crippen LogP contribution >= 0.6 is 28.5 Å². The Morgan fingerprint density at radius 2 is 1.82 bits per heavy atom. The van der Waals surface area contributed by atoms with Crippen LogP contribution in [0.25, 0.3) is 22.3 Å². The maximum Gasteiger partial charge on any atom is 0.386 e. The van der Waals surface area contributed by atoms with Crippen molar-refractivity contribution in [2.45, 2.75) is 49.5 Å².